The number of aromatic nitrogens is 2. The van der Waals surface area contributed by atoms with E-state index in [4.69, 9.17) is 0 Å². The molecule has 1 rings (SSSR count). The first kappa shape index (κ1) is 10.3. The fourth-order valence-corrected chi connectivity index (χ4v) is 1.31. The zero-order chi connectivity index (χ0) is 9.90. The number of nitrogens with one attached hydrogen (secondary N) is 1. The molecule has 1 atom stereocenters. The zero-order valence-corrected chi connectivity index (χ0v) is 8.54. The van der Waals surface area contributed by atoms with Crippen LogP contribution >= 0.6 is 0 Å². The van der Waals surface area contributed by atoms with E-state index in [2.05, 4.69) is 30.7 Å². The number of H-pyrrole nitrogens is 1. The second-order valence-electron chi connectivity index (χ2n) is 4.53. The molecule has 1 aromatic rings. The summed E-state index contributed by atoms with van der Waals surface area (Å²) in [6.45, 7) is 6.65. The molecule has 0 saturated heterocycles. The molecule has 0 aliphatic rings. The van der Waals surface area contributed by atoms with Crippen LogP contribution in [0.4, 0.5) is 0 Å². The van der Waals surface area contributed by atoms with Crippen LogP contribution in [0.5, 0.6) is 0 Å². The Bertz CT molecular complexity index is 236. The number of aromatic amines is 1. The topological polar surface area (TPSA) is 48.9 Å². The second-order valence-corrected chi connectivity index (χ2v) is 4.53. The molecule has 0 amide bonds. The van der Waals surface area contributed by atoms with Gasteiger partial charge in [0.1, 0.15) is 0 Å². The molecule has 0 spiro atoms. The largest absolute Gasteiger partial charge is 0.396 e. The molecular weight excluding hydrogens is 164 g/mol. The minimum atomic E-state index is 0.139. The first-order valence-electron chi connectivity index (χ1n) is 4.62. The van der Waals surface area contributed by atoms with E-state index in [9.17, 15) is 5.11 Å². The molecular formula is C10H18N2O. The van der Waals surface area contributed by atoms with Gasteiger partial charge in [-0.15, -0.1) is 0 Å². The van der Waals surface area contributed by atoms with Gasteiger partial charge in [-0.05, 0) is 17.8 Å². The Morgan fingerprint density at radius 3 is 2.62 bits per heavy atom. The minimum Gasteiger partial charge on any atom is -0.396 e. The third-order valence-corrected chi connectivity index (χ3v) is 2.47. The fraction of sp³-hybridized carbons (Fsp3) is 0.700. The van der Waals surface area contributed by atoms with Crippen LogP contribution in [-0.2, 0) is 6.42 Å². The van der Waals surface area contributed by atoms with Crippen LogP contribution in [0.2, 0.25) is 0 Å². The predicted octanol–water partition coefficient (Wildman–Crippen LogP) is 1.61. The molecule has 0 aliphatic carbocycles. The molecule has 1 unspecified atom stereocenters. The van der Waals surface area contributed by atoms with Gasteiger partial charge in [-0.3, -0.25) is 0 Å². The van der Waals surface area contributed by atoms with E-state index >= 15 is 0 Å². The van der Waals surface area contributed by atoms with Gasteiger partial charge in [0, 0.05) is 18.5 Å². The Morgan fingerprint density at radius 1 is 1.54 bits per heavy atom. The van der Waals surface area contributed by atoms with Crippen molar-refractivity contribution < 1.29 is 5.11 Å². The third kappa shape index (κ3) is 2.84. The molecule has 74 valence electrons. The summed E-state index contributed by atoms with van der Waals surface area (Å²) in [6, 6.07) is 0. The van der Waals surface area contributed by atoms with Crippen LogP contribution in [0.1, 0.15) is 26.5 Å². The number of rotatable bonds is 3. The fourth-order valence-electron chi connectivity index (χ4n) is 1.31. The lowest BCUT2D eigenvalue weighted by Gasteiger charge is -2.28. The number of imidazole rings is 1. The molecule has 2 N–H and O–H groups in total. The summed E-state index contributed by atoms with van der Waals surface area (Å²) in [5, 5.41) is 9.23. The Labute approximate surface area is 79.2 Å². The van der Waals surface area contributed by atoms with Crippen molar-refractivity contribution in [3.63, 3.8) is 0 Å². The quantitative estimate of drug-likeness (QED) is 0.746. The number of hydrogen-bond acceptors (Lipinski definition) is 2. The molecule has 1 aromatic heterocycles. The highest BCUT2D eigenvalue weighted by molar-refractivity contribution is 4.97. The molecule has 1 heterocycles. The van der Waals surface area contributed by atoms with Crippen molar-refractivity contribution in [3.05, 3.63) is 18.2 Å². The van der Waals surface area contributed by atoms with Gasteiger partial charge >= 0.3 is 0 Å². The average Bonchev–Trinajstić information content (AvgIpc) is 2.49. The lowest BCUT2D eigenvalue weighted by atomic mass is 9.79. The van der Waals surface area contributed by atoms with Gasteiger partial charge in [0.15, 0.2) is 0 Å². The van der Waals surface area contributed by atoms with E-state index in [0.29, 0.717) is 0 Å². The normalized spacial score (nSPS) is 14.5. The summed E-state index contributed by atoms with van der Waals surface area (Å²) in [5.74, 6) is 0.285. The van der Waals surface area contributed by atoms with Crippen LogP contribution in [0.3, 0.4) is 0 Å². The summed E-state index contributed by atoms with van der Waals surface area (Å²) in [4.78, 5) is 7.01. The van der Waals surface area contributed by atoms with Crippen LogP contribution in [-0.4, -0.2) is 21.7 Å². The van der Waals surface area contributed by atoms with Crippen molar-refractivity contribution in [1.29, 1.82) is 0 Å². The molecule has 0 bridgehead atoms. The highest BCUT2D eigenvalue weighted by Crippen LogP contribution is 2.27. The molecule has 0 radical (unpaired) electrons. The SMILES string of the molecule is CC(C)(C)C(CO)Cc1cnc[nH]1. The number of nitrogens with zero attached hydrogens (tertiary/aromatic N) is 1. The maximum atomic E-state index is 9.23. The molecule has 0 fully saturated rings. The highest BCUT2D eigenvalue weighted by atomic mass is 16.3. The van der Waals surface area contributed by atoms with Gasteiger partial charge in [-0.25, -0.2) is 4.98 Å². The summed E-state index contributed by atoms with van der Waals surface area (Å²) >= 11 is 0. The zero-order valence-electron chi connectivity index (χ0n) is 8.54. The monoisotopic (exact) mass is 182 g/mol. The Balaban J connectivity index is 2.60. The van der Waals surface area contributed by atoms with E-state index in [1.165, 1.54) is 0 Å². The molecule has 13 heavy (non-hydrogen) atoms. The minimum absolute atomic E-state index is 0.139. The number of hydrogen-bond donors (Lipinski definition) is 2. The first-order valence-corrected chi connectivity index (χ1v) is 4.62. The van der Waals surface area contributed by atoms with Crippen molar-refractivity contribution in [2.75, 3.05) is 6.61 Å². The van der Waals surface area contributed by atoms with Crippen molar-refractivity contribution in [2.45, 2.75) is 27.2 Å². The molecule has 0 saturated carbocycles. The van der Waals surface area contributed by atoms with Crippen molar-refractivity contribution in [3.8, 4) is 0 Å². The lowest BCUT2D eigenvalue weighted by Crippen LogP contribution is -2.26. The predicted molar refractivity (Wildman–Crippen MR) is 52.3 cm³/mol. The first-order chi connectivity index (χ1) is 6.04. The smallest absolute Gasteiger partial charge is 0.0921 e. The third-order valence-electron chi connectivity index (χ3n) is 2.47. The molecule has 3 nitrogen and oxygen atoms in total. The summed E-state index contributed by atoms with van der Waals surface area (Å²) < 4.78 is 0. The van der Waals surface area contributed by atoms with Gasteiger partial charge in [-0.2, -0.15) is 0 Å². The molecule has 0 aliphatic heterocycles. The van der Waals surface area contributed by atoms with Crippen molar-refractivity contribution in [1.82, 2.24) is 9.97 Å². The van der Waals surface area contributed by atoms with Crippen LogP contribution in [0, 0.1) is 11.3 Å². The maximum absolute atomic E-state index is 9.23. The summed E-state index contributed by atoms with van der Waals surface area (Å²) in [6.07, 6.45) is 4.35. The highest BCUT2D eigenvalue weighted by Gasteiger charge is 2.24. The van der Waals surface area contributed by atoms with E-state index < -0.39 is 0 Å². The van der Waals surface area contributed by atoms with Crippen molar-refractivity contribution >= 4 is 0 Å². The van der Waals surface area contributed by atoms with Gasteiger partial charge in [0.25, 0.3) is 0 Å². The van der Waals surface area contributed by atoms with Gasteiger partial charge in [0.2, 0.25) is 0 Å². The Kier molecular flexibility index (Phi) is 3.09. The van der Waals surface area contributed by atoms with Gasteiger partial charge in [0.05, 0.1) is 6.33 Å². The Morgan fingerprint density at radius 2 is 2.23 bits per heavy atom. The molecule has 0 aromatic carbocycles. The summed E-state index contributed by atoms with van der Waals surface area (Å²) in [5.41, 5.74) is 1.23. The summed E-state index contributed by atoms with van der Waals surface area (Å²) in [7, 11) is 0. The lowest BCUT2D eigenvalue weighted by molar-refractivity contribution is 0.130. The number of aliphatic hydroxyl groups excluding tert-OH is 1. The second kappa shape index (κ2) is 3.92. The van der Waals surface area contributed by atoms with Crippen LogP contribution in [0.25, 0.3) is 0 Å². The van der Waals surface area contributed by atoms with Gasteiger partial charge in [-0.1, -0.05) is 20.8 Å². The Hall–Kier alpha value is -0.830. The average molecular weight is 182 g/mol. The van der Waals surface area contributed by atoms with E-state index in [-0.39, 0.29) is 17.9 Å². The number of aliphatic hydroxyl groups is 1. The van der Waals surface area contributed by atoms with E-state index in [0.717, 1.165) is 12.1 Å². The van der Waals surface area contributed by atoms with Crippen LogP contribution < -0.4 is 0 Å². The van der Waals surface area contributed by atoms with Crippen LogP contribution in [0.15, 0.2) is 12.5 Å². The van der Waals surface area contributed by atoms with Crippen molar-refractivity contribution in [2.24, 2.45) is 11.3 Å². The maximum Gasteiger partial charge on any atom is 0.0921 e. The standard InChI is InChI=1S/C10H18N2O/c1-10(2,3)8(6-13)4-9-5-11-7-12-9/h5,7-8,13H,4,6H2,1-3H3,(H,11,12). The van der Waals surface area contributed by atoms with Gasteiger partial charge < -0.3 is 10.1 Å². The van der Waals surface area contributed by atoms with E-state index in [1.807, 2.05) is 6.20 Å². The van der Waals surface area contributed by atoms with E-state index in [1.54, 1.807) is 6.33 Å². The molecule has 3 heteroatoms.